The molecular formula is C16H27N3O3SSi. The molecule has 1 aromatic rings. The summed E-state index contributed by atoms with van der Waals surface area (Å²) in [7, 11) is -4.95. The molecule has 2 rings (SSSR count). The van der Waals surface area contributed by atoms with E-state index in [1.807, 2.05) is 0 Å². The van der Waals surface area contributed by atoms with E-state index in [1.165, 1.54) is 12.1 Å². The third-order valence-corrected chi connectivity index (χ3v) is 12.8. The molecule has 0 saturated heterocycles. The number of nitro benzene ring substituents is 1. The lowest BCUT2D eigenvalue weighted by atomic mass is 10.2. The Hall–Kier alpha value is -1.25. The second-order valence-electron chi connectivity index (χ2n) is 7.97. The largest absolute Gasteiger partial charge is 0.269 e. The Morgan fingerprint density at radius 1 is 1.29 bits per heavy atom. The summed E-state index contributed by atoms with van der Waals surface area (Å²) in [5.41, 5.74) is -0.00461. The molecule has 134 valence electrons. The summed E-state index contributed by atoms with van der Waals surface area (Å²) in [6, 6.07) is 5.93. The molecule has 0 bridgehead atoms. The van der Waals surface area contributed by atoms with Crippen molar-refractivity contribution in [3.63, 3.8) is 0 Å². The van der Waals surface area contributed by atoms with Crippen molar-refractivity contribution in [3.8, 4) is 0 Å². The Morgan fingerprint density at radius 2 is 1.83 bits per heavy atom. The molecule has 0 aromatic heterocycles. The minimum absolute atomic E-state index is 0.00461. The fourth-order valence-electron chi connectivity index (χ4n) is 1.93. The van der Waals surface area contributed by atoms with Crippen LogP contribution < -0.4 is 4.72 Å². The molecule has 0 spiro atoms. The summed E-state index contributed by atoms with van der Waals surface area (Å²) in [6.45, 7) is 11.3. The van der Waals surface area contributed by atoms with Crippen LogP contribution >= 0.6 is 0 Å². The van der Waals surface area contributed by atoms with E-state index in [0.717, 1.165) is 12.8 Å². The number of hydrogen-bond acceptors (Lipinski definition) is 4. The zero-order valence-electron chi connectivity index (χ0n) is 15.0. The SMILES string of the molecule is CC(C)(C)[Si](C)(C)N=[S@](=O)(NCC1CC1)c1ccc([N+](=O)[O-])cc1. The van der Waals surface area contributed by atoms with E-state index in [9.17, 15) is 14.3 Å². The Labute approximate surface area is 145 Å². The monoisotopic (exact) mass is 369 g/mol. The summed E-state index contributed by atoms with van der Waals surface area (Å²) in [5, 5.41) is 10.8. The molecule has 0 unspecified atom stereocenters. The van der Waals surface area contributed by atoms with Crippen LogP contribution in [0, 0.1) is 16.0 Å². The van der Waals surface area contributed by atoms with Gasteiger partial charge in [-0.3, -0.25) is 14.1 Å². The maximum absolute atomic E-state index is 13.6. The van der Waals surface area contributed by atoms with Crippen molar-refractivity contribution in [1.29, 1.82) is 0 Å². The molecule has 0 radical (unpaired) electrons. The van der Waals surface area contributed by atoms with Crippen molar-refractivity contribution in [1.82, 2.24) is 4.72 Å². The van der Waals surface area contributed by atoms with Gasteiger partial charge in [0.1, 0.15) is 9.92 Å². The first kappa shape index (κ1) is 19.1. The van der Waals surface area contributed by atoms with Crippen molar-refractivity contribution in [2.75, 3.05) is 6.54 Å². The van der Waals surface area contributed by atoms with Gasteiger partial charge in [-0.2, -0.15) is 0 Å². The lowest BCUT2D eigenvalue weighted by Gasteiger charge is -2.33. The molecule has 24 heavy (non-hydrogen) atoms. The molecule has 0 amide bonds. The highest BCUT2D eigenvalue weighted by atomic mass is 32.2. The van der Waals surface area contributed by atoms with Crippen LogP contribution in [0.25, 0.3) is 0 Å². The maximum Gasteiger partial charge on any atom is 0.269 e. The third kappa shape index (κ3) is 4.43. The summed E-state index contributed by atoms with van der Waals surface area (Å²) in [5.74, 6) is 0.568. The van der Waals surface area contributed by atoms with Gasteiger partial charge in [-0.05, 0) is 49.0 Å². The first-order valence-corrected chi connectivity index (χ1v) is 12.7. The second kappa shape index (κ2) is 6.57. The van der Waals surface area contributed by atoms with E-state index in [4.69, 9.17) is 4.03 Å². The lowest BCUT2D eigenvalue weighted by molar-refractivity contribution is -0.384. The van der Waals surface area contributed by atoms with Crippen LogP contribution in [0.15, 0.2) is 33.2 Å². The number of nitrogens with zero attached hydrogens (tertiary/aromatic N) is 2. The van der Waals surface area contributed by atoms with Crippen molar-refractivity contribution in [2.45, 2.75) is 56.6 Å². The van der Waals surface area contributed by atoms with Gasteiger partial charge in [0.25, 0.3) is 5.69 Å². The van der Waals surface area contributed by atoms with Gasteiger partial charge in [0.15, 0.2) is 8.24 Å². The molecular weight excluding hydrogens is 342 g/mol. The van der Waals surface area contributed by atoms with E-state index in [0.29, 0.717) is 17.4 Å². The van der Waals surface area contributed by atoms with Crippen LogP contribution in [0.3, 0.4) is 0 Å². The zero-order valence-corrected chi connectivity index (χ0v) is 16.9. The van der Waals surface area contributed by atoms with Gasteiger partial charge in [0.2, 0.25) is 0 Å². The first-order valence-electron chi connectivity index (χ1n) is 8.22. The quantitative estimate of drug-likeness (QED) is 0.460. The highest BCUT2D eigenvalue weighted by Gasteiger charge is 2.38. The highest BCUT2D eigenvalue weighted by molar-refractivity contribution is 7.92. The van der Waals surface area contributed by atoms with Crippen LogP contribution in [-0.2, 0) is 9.92 Å². The van der Waals surface area contributed by atoms with Gasteiger partial charge in [-0.15, -0.1) is 0 Å². The first-order chi connectivity index (χ1) is 10.9. The van der Waals surface area contributed by atoms with Crippen LogP contribution in [0.4, 0.5) is 5.69 Å². The third-order valence-electron chi connectivity index (χ3n) is 4.82. The minimum atomic E-state index is -2.79. The van der Waals surface area contributed by atoms with E-state index in [2.05, 4.69) is 38.6 Å². The van der Waals surface area contributed by atoms with Gasteiger partial charge in [0, 0.05) is 18.7 Å². The maximum atomic E-state index is 13.6. The number of nitrogens with one attached hydrogen (secondary N) is 1. The fourth-order valence-corrected chi connectivity index (χ4v) is 7.41. The molecule has 1 aromatic carbocycles. The predicted molar refractivity (Wildman–Crippen MR) is 99.9 cm³/mol. The molecule has 1 aliphatic carbocycles. The zero-order chi connectivity index (χ0) is 18.2. The van der Waals surface area contributed by atoms with Crippen LogP contribution in [0.5, 0.6) is 0 Å². The summed E-state index contributed by atoms with van der Waals surface area (Å²) in [4.78, 5) is 10.9. The topological polar surface area (TPSA) is 84.6 Å². The Morgan fingerprint density at radius 3 is 2.25 bits per heavy atom. The van der Waals surface area contributed by atoms with Crippen molar-refractivity contribution < 1.29 is 9.13 Å². The normalized spacial score (nSPS) is 18.0. The summed E-state index contributed by atoms with van der Waals surface area (Å²) >= 11 is 0. The molecule has 1 N–H and O–H groups in total. The van der Waals surface area contributed by atoms with Gasteiger partial charge in [0.05, 0.1) is 9.82 Å². The summed E-state index contributed by atoms with van der Waals surface area (Å²) in [6.07, 6.45) is 2.31. The molecule has 1 atom stereocenters. The molecule has 1 aliphatic rings. The highest BCUT2D eigenvalue weighted by Crippen LogP contribution is 2.38. The summed E-state index contributed by atoms with van der Waals surface area (Å²) < 4.78 is 21.7. The average molecular weight is 370 g/mol. The van der Waals surface area contributed by atoms with Crippen LogP contribution in [-0.4, -0.2) is 23.9 Å². The van der Waals surface area contributed by atoms with Crippen molar-refractivity contribution in [3.05, 3.63) is 34.4 Å². The molecule has 0 aliphatic heterocycles. The van der Waals surface area contributed by atoms with Gasteiger partial charge < -0.3 is 0 Å². The Kier molecular flexibility index (Phi) is 5.22. The second-order valence-corrected chi connectivity index (χ2v) is 15.1. The number of hydrogen-bond donors (Lipinski definition) is 1. The molecule has 0 heterocycles. The van der Waals surface area contributed by atoms with E-state index in [1.54, 1.807) is 12.1 Å². The number of nitro groups is 1. The molecule has 6 nitrogen and oxygen atoms in total. The van der Waals surface area contributed by atoms with Gasteiger partial charge in [-0.1, -0.05) is 20.8 Å². The average Bonchev–Trinajstić information content (AvgIpc) is 3.28. The van der Waals surface area contributed by atoms with E-state index >= 15 is 0 Å². The van der Waals surface area contributed by atoms with Crippen molar-refractivity contribution in [2.24, 2.45) is 9.95 Å². The number of non-ortho nitro benzene ring substituents is 1. The number of benzene rings is 1. The minimum Gasteiger partial charge on any atom is -0.261 e. The van der Waals surface area contributed by atoms with Crippen LogP contribution in [0.1, 0.15) is 33.6 Å². The lowest BCUT2D eigenvalue weighted by Crippen LogP contribution is -2.39. The molecule has 1 saturated carbocycles. The van der Waals surface area contributed by atoms with Gasteiger partial charge >= 0.3 is 0 Å². The molecule has 1 fully saturated rings. The fraction of sp³-hybridized carbons (Fsp3) is 0.625. The smallest absolute Gasteiger partial charge is 0.261 e. The standard InChI is InChI=1S/C16H27N3O3SSi/c1-16(2,3)24(4,5)18-23(22,17-12-13-6-7-13)15-10-8-14(9-11-15)19(20)21/h8-11,13H,6-7,12H2,1-5H3,(H,17,18,22)/t23-/m1/s1. The van der Waals surface area contributed by atoms with E-state index < -0.39 is 23.1 Å². The molecule has 8 heteroatoms. The Balaban J connectivity index is 2.46. The van der Waals surface area contributed by atoms with E-state index in [-0.39, 0.29) is 10.7 Å². The van der Waals surface area contributed by atoms with Crippen molar-refractivity contribution >= 4 is 23.8 Å². The van der Waals surface area contributed by atoms with Crippen LogP contribution in [0.2, 0.25) is 18.1 Å². The predicted octanol–water partition coefficient (Wildman–Crippen LogP) is 4.34. The number of rotatable bonds is 6. The van der Waals surface area contributed by atoms with Gasteiger partial charge in [-0.25, -0.2) is 8.93 Å². The Bertz CT molecular complexity index is 728.